The number of halogens is 1. The number of hydrogen-bond acceptors (Lipinski definition) is 4. The minimum absolute atomic E-state index is 0.00142. The molecule has 8 heteroatoms. The largest absolute Gasteiger partial charge is 0.495 e. The van der Waals surface area contributed by atoms with E-state index in [4.69, 9.17) is 16.3 Å². The number of rotatable bonds is 7. The molecule has 0 aliphatic heterocycles. The van der Waals surface area contributed by atoms with Crippen molar-refractivity contribution in [3.63, 3.8) is 0 Å². The van der Waals surface area contributed by atoms with Crippen molar-refractivity contribution in [1.82, 2.24) is 4.72 Å². The second-order valence-electron chi connectivity index (χ2n) is 4.29. The summed E-state index contributed by atoms with van der Waals surface area (Å²) in [5, 5.41) is 0.385. The van der Waals surface area contributed by atoms with Crippen molar-refractivity contribution >= 4 is 33.2 Å². The number of carbonyl (C=O) groups is 1. The van der Waals surface area contributed by atoms with E-state index in [0.717, 1.165) is 0 Å². The van der Waals surface area contributed by atoms with Gasteiger partial charge < -0.3 is 9.64 Å². The molecule has 1 amide bonds. The number of ether oxygens (including phenoxy) is 1. The molecule has 1 rings (SSSR count). The third-order valence-corrected chi connectivity index (χ3v) is 4.56. The van der Waals surface area contributed by atoms with Crippen LogP contribution in [0.4, 0.5) is 5.69 Å². The van der Waals surface area contributed by atoms with Gasteiger partial charge in [0.1, 0.15) is 5.75 Å². The number of benzene rings is 1. The van der Waals surface area contributed by atoms with Crippen LogP contribution in [0.25, 0.3) is 0 Å². The zero-order chi connectivity index (χ0) is 16.0. The monoisotopic (exact) mass is 334 g/mol. The Morgan fingerprint density at radius 1 is 1.43 bits per heavy atom. The van der Waals surface area contributed by atoms with Gasteiger partial charge in [-0.1, -0.05) is 11.6 Å². The standard InChI is InChI=1S/C13H19ClN2O4S/c1-4-21(18,19)15-7-8-16(10(2)17)11-5-6-13(20-3)12(14)9-11/h5-6,9,15H,4,7-8H2,1-3H3. The molecule has 0 saturated carbocycles. The molecule has 0 spiro atoms. The molecule has 0 unspecified atom stereocenters. The summed E-state index contributed by atoms with van der Waals surface area (Å²) in [6, 6.07) is 4.96. The Balaban J connectivity index is 2.83. The first kappa shape index (κ1) is 17.7. The van der Waals surface area contributed by atoms with E-state index in [1.165, 1.54) is 18.9 Å². The van der Waals surface area contributed by atoms with Gasteiger partial charge in [-0.25, -0.2) is 13.1 Å². The van der Waals surface area contributed by atoms with Crippen molar-refractivity contribution in [2.24, 2.45) is 0 Å². The van der Waals surface area contributed by atoms with Crippen LogP contribution in [0.3, 0.4) is 0 Å². The highest BCUT2D eigenvalue weighted by molar-refractivity contribution is 7.89. The lowest BCUT2D eigenvalue weighted by atomic mass is 10.2. The molecule has 21 heavy (non-hydrogen) atoms. The molecule has 1 aromatic carbocycles. The van der Waals surface area contributed by atoms with E-state index in [1.807, 2.05) is 0 Å². The fourth-order valence-corrected chi connectivity index (χ4v) is 2.56. The molecule has 0 atom stereocenters. The average molecular weight is 335 g/mol. The molecule has 1 N–H and O–H groups in total. The van der Waals surface area contributed by atoms with Crippen LogP contribution in [0.15, 0.2) is 18.2 Å². The summed E-state index contributed by atoms with van der Waals surface area (Å²) in [7, 11) is -1.77. The predicted octanol–water partition coefficient (Wildman–Crippen LogP) is 1.64. The highest BCUT2D eigenvalue weighted by Gasteiger charge is 2.14. The van der Waals surface area contributed by atoms with E-state index in [0.29, 0.717) is 16.5 Å². The van der Waals surface area contributed by atoms with Gasteiger partial charge in [-0.2, -0.15) is 0 Å². The first-order valence-corrected chi connectivity index (χ1v) is 8.42. The minimum atomic E-state index is -3.28. The molecule has 118 valence electrons. The van der Waals surface area contributed by atoms with Crippen molar-refractivity contribution in [3.05, 3.63) is 23.2 Å². The number of nitrogens with zero attached hydrogens (tertiary/aromatic N) is 1. The number of methoxy groups -OCH3 is 1. The van der Waals surface area contributed by atoms with Crippen LogP contribution in [0.1, 0.15) is 13.8 Å². The summed E-state index contributed by atoms with van der Waals surface area (Å²) in [6.45, 7) is 3.32. The van der Waals surface area contributed by atoms with E-state index >= 15 is 0 Å². The van der Waals surface area contributed by atoms with E-state index in [2.05, 4.69) is 4.72 Å². The summed E-state index contributed by atoms with van der Waals surface area (Å²) in [6.07, 6.45) is 0. The third-order valence-electron chi connectivity index (χ3n) is 2.86. The highest BCUT2D eigenvalue weighted by Crippen LogP contribution is 2.29. The zero-order valence-electron chi connectivity index (χ0n) is 12.2. The summed E-state index contributed by atoms with van der Waals surface area (Å²) in [4.78, 5) is 13.2. The number of nitrogens with one attached hydrogen (secondary N) is 1. The second kappa shape index (κ2) is 7.63. The van der Waals surface area contributed by atoms with Gasteiger partial charge in [0.2, 0.25) is 15.9 Å². The quantitative estimate of drug-likeness (QED) is 0.822. The van der Waals surface area contributed by atoms with Crippen LogP contribution >= 0.6 is 11.6 Å². The molecule has 0 bridgehead atoms. The number of carbonyl (C=O) groups excluding carboxylic acids is 1. The SMILES string of the molecule is CCS(=O)(=O)NCCN(C(C)=O)c1ccc(OC)c(Cl)c1. The molecule has 0 aliphatic rings. The Hall–Kier alpha value is -1.31. The molecule has 0 saturated heterocycles. The molecule has 0 fully saturated rings. The lowest BCUT2D eigenvalue weighted by Gasteiger charge is -2.22. The smallest absolute Gasteiger partial charge is 0.223 e. The number of hydrogen-bond donors (Lipinski definition) is 1. The van der Waals surface area contributed by atoms with Gasteiger partial charge in [0.25, 0.3) is 0 Å². The summed E-state index contributed by atoms with van der Waals surface area (Å²) < 4.78 is 30.2. The fourth-order valence-electron chi connectivity index (χ4n) is 1.71. The number of amides is 1. The zero-order valence-corrected chi connectivity index (χ0v) is 13.8. The maximum atomic E-state index is 11.7. The normalized spacial score (nSPS) is 11.2. The van der Waals surface area contributed by atoms with E-state index in [9.17, 15) is 13.2 Å². The van der Waals surface area contributed by atoms with E-state index < -0.39 is 10.0 Å². The van der Waals surface area contributed by atoms with Gasteiger partial charge >= 0.3 is 0 Å². The van der Waals surface area contributed by atoms with E-state index in [1.54, 1.807) is 25.1 Å². The van der Waals surface area contributed by atoms with Gasteiger partial charge in [0, 0.05) is 25.7 Å². The highest BCUT2D eigenvalue weighted by atomic mass is 35.5. The topological polar surface area (TPSA) is 75.7 Å². The lowest BCUT2D eigenvalue weighted by Crippen LogP contribution is -2.38. The Kier molecular flexibility index (Phi) is 6.44. The van der Waals surface area contributed by atoms with Crippen LogP contribution in [-0.4, -0.2) is 40.3 Å². The lowest BCUT2D eigenvalue weighted by molar-refractivity contribution is -0.116. The van der Waals surface area contributed by atoms with Gasteiger partial charge in [-0.3, -0.25) is 4.79 Å². The van der Waals surface area contributed by atoms with Crippen LogP contribution in [0, 0.1) is 0 Å². The van der Waals surface area contributed by atoms with Crippen LogP contribution in [0.2, 0.25) is 5.02 Å². The Morgan fingerprint density at radius 3 is 2.57 bits per heavy atom. The molecular weight excluding hydrogens is 316 g/mol. The first-order chi connectivity index (χ1) is 9.80. The van der Waals surface area contributed by atoms with Crippen molar-refractivity contribution in [2.75, 3.05) is 30.9 Å². The minimum Gasteiger partial charge on any atom is -0.495 e. The van der Waals surface area contributed by atoms with Crippen molar-refractivity contribution in [1.29, 1.82) is 0 Å². The fraction of sp³-hybridized carbons (Fsp3) is 0.462. The van der Waals surface area contributed by atoms with Crippen LogP contribution < -0.4 is 14.4 Å². The molecule has 0 heterocycles. The second-order valence-corrected chi connectivity index (χ2v) is 6.79. The van der Waals surface area contributed by atoms with Crippen molar-refractivity contribution in [2.45, 2.75) is 13.8 Å². The van der Waals surface area contributed by atoms with Gasteiger partial charge in [-0.15, -0.1) is 0 Å². The predicted molar refractivity (Wildman–Crippen MR) is 83.5 cm³/mol. The van der Waals surface area contributed by atoms with Crippen LogP contribution in [0.5, 0.6) is 5.75 Å². The molecule has 6 nitrogen and oxygen atoms in total. The van der Waals surface area contributed by atoms with Gasteiger partial charge in [0.05, 0.1) is 17.9 Å². The van der Waals surface area contributed by atoms with Gasteiger partial charge in [-0.05, 0) is 25.1 Å². The summed E-state index contributed by atoms with van der Waals surface area (Å²) in [5.41, 5.74) is 0.587. The number of anilines is 1. The Bertz CT molecular complexity index is 604. The Labute approximate surface area is 130 Å². The Morgan fingerprint density at radius 2 is 2.10 bits per heavy atom. The maximum absolute atomic E-state index is 11.7. The average Bonchev–Trinajstić information content (AvgIpc) is 2.43. The van der Waals surface area contributed by atoms with Gasteiger partial charge in [0.15, 0.2) is 0 Å². The summed E-state index contributed by atoms with van der Waals surface area (Å²) >= 11 is 6.03. The molecule has 0 aliphatic carbocycles. The van der Waals surface area contributed by atoms with Crippen LogP contribution in [-0.2, 0) is 14.8 Å². The summed E-state index contributed by atoms with van der Waals surface area (Å²) in [5.74, 6) is 0.309. The van der Waals surface area contributed by atoms with Crippen molar-refractivity contribution < 1.29 is 17.9 Å². The molecule has 0 aromatic heterocycles. The number of sulfonamides is 1. The first-order valence-electron chi connectivity index (χ1n) is 6.39. The van der Waals surface area contributed by atoms with E-state index in [-0.39, 0.29) is 24.7 Å². The van der Waals surface area contributed by atoms with Crippen molar-refractivity contribution in [3.8, 4) is 5.75 Å². The molecule has 0 radical (unpaired) electrons. The third kappa shape index (κ3) is 5.18. The molecular formula is C13H19ClN2O4S. The maximum Gasteiger partial charge on any atom is 0.223 e. The molecule has 1 aromatic rings.